The minimum atomic E-state index is 1.02. The lowest BCUT2D eigenvalue weighted by atomic mass is 10.1. The van der Waals surface area contributed by atoms with Crippen molar-refractivity contribution >= 4 is 11.8 Å². The molecule has 69 valence electrons. The van der Waals surface area contributed by atoms with Gasteiger partial charge in [-0.15, -0.1) is 0 Å². The number of anilines is 1. The van der Waals surface area contributed by atoms with Gasteiger partial charge < -0.3 is 4.90 Å². The van der Waals surface area contributed by atoms with Crippen LogP contribution in [-0.2, 0) is 0 Å². The lowest BCUT2D eigenvalue weighted by Gasteiger charge is -2.19. The molecule has 1 radical (unpaired) electrons. The van der Waals surface area contributed by atoms with Crippen molar-refractivity contribution in [2.75, 3.05) is 18.5 Å². The van der Waals surface area contributed by atoms with Gasteiger partial charge in [0.05, 0.1) is 0 Å². The normalized spacial score (nSPS) is 10.7. The molecule has 0 bridgehead atoms. The van der Waals surface area contributed by atoms with E-state index in [1.165, 1.54) is 11.3 Å². The topological polar surface area (TPSA) is 3.24 Å². The maximum absolute atomic E-state index is 3.71. The van der Waals surface area contributed by atoms with E-state index in [1.54, 1.807) is 0 Å². The van der Waals surface area contributed by atoms with E-state index in [0.717, 1.165) is 6.54 Å². The van der Waals surface area contributed by atoms with Crippen LogP contribution in [0.2, 0.25) is 0 Å². The van der Waals surface area contributed by atoms with E-state index in [2.05, 4.69) is 44.0 Å². The number of benzene rings is 1. The molecule has 0 heterocycles. The largest absolute Gasteiger partial charge is 0.374 e. The van der Waals surface area contributed by atoms with Crippen molar-refractivity contribution in [1.82, 2.24) is 0 Å². The summed E-state index contributed by atoms with van der Waals surface area (Å²) in [7, 11) is 2.09. The van der Waals surface area contributed by atoms with Crippen LogP contribution in [0.4, 0.5) is 5.69 Å². The van der Waals surface area contributed by atoms with Crippen LogP contribution in [0.5, 0.6) is 0 Å². The molecule has 0 N–H and O–H groups in total. The third kappa shape index (κ3) is 2.35. The van der Waals surface area contributed by atoms with Gasteiger partial charge in [0, 0.05) is 19.3 Å². The van der Waals surface area contributed by atoms with Gasteiger partial charge in [-0.25, -0.2) is 0 Å². The van der Waals surface area contributed by atoms with E-state index in [-0.39, 0.29) is 0 Å². The number of hydrogen-bond acceptors (Lipinski definition) is 1. The van der Waals surface area contributed by atoms with Gasteiger partial charge in [-0.05, 0) is 25.5 Å². The van der Waals surface area contributed by atoms with E-state index in [4.69, 9.17) is 0 Å². The van der Waals surface area contributed by atoms with E-state index >= 15 is 0 Å². The summed E-state index contributed by atoms with van der Waals surface area (Å²) in [6.45, 7) is 6.87. The lowest BCUT2D eigenvalue weighted by Crippen LogP contribution is -2.16. The molecule has 0 atom stereocenters. The Morgan fingerprint density at radius 2 is 2.08 bits per heavy atom. The molecule has 0 spiro atoms. The van der Waals surface area contributed by atoms with Gasteiger partial charge >= 0.3 is 0 Å². The molecule has 0 saturated carbocycles. The summed E-state index contributed by atoms with van der Waals surface area (Å²) in [5, 5.41) is 0. The Kier molecular flexibility index (Phi) is 3.56. The van der Waals surface area contributed by atoms with Crippen LogP contribution >= 0.6 is 0 Å². The highest BCUT2D eigenvalue weighted by Crippen LogP contribution is 2.19. The minimum absolute atomic E-state index is 1.02. The second kappa shape index (κ2) is 4.70. The highest BCUT2D eigenvalue weighted by Gasteiger charge is 2.00. The van der Waals surface area contributed by atoms with Gasteiger partial charge in [-0.2, -0.15) is 0 Å². The zero-order valence-electron chi connectivity index (χ0n) is 8.33. The third-order valence-corrected chi connectivity index (χ3v) is 2.12. The fourth-order valence-electron chi connectivity index (χ4n) is 1.27. The minimum Gasteiger partial charge on any atom is -0.374 e. The number of para-hydroxylation sites is 1. The maximum atomic E-state index is 3.71. The van der Waals surface area contributed by atoms with Crippen molar-refractivity contribution < 1.29 is 0 Å². The van der Waals surface area contributed by atoms with Gasteiger partial charge in [-0.3, -0.25) is 0 Å². The number of allylic oxidation sites excluding steroid dienone is 1. The molecule has 1 heteroatoms. The molecule has 0 unspecified atom stereocenters. The summed E-state index contributed by atoms with van der Waals surface area (Å²) < 4.78 is 0. The van der Waals surface area contributed by atoms with E-state index in [9.17, 15) is 0 Å². The Bertz CT molecular complexity index is 289. The summed E-state index contributed by atoms with van der Waals surface area (Å²) in [6, 6.07) is 8.33. The molecule has 13 heavy (non-hydrogen) atoms. The van der Waals surface area contributed by atoms with Crippen molar-refractivity contribution in [1.29, 1.82) is 0 Å². The predicted molar refractivity (Wildman–Crippen MR) is 59.8 cm³/mol. The first kappa shape index (κ1) is 9.85. The zero-order valence-corrected chi connectivity index (χ0v) is 8.33. The van der Waals surface area contributed by atoms with Crippen molar-refractivity contribution in [2.45, 2.75) is 6.92 Å². The Labute approximate surface area is 80.7 Å². The highest BCUT2D eigenvalue weighted by molar-refractivity contribution is 5.67. The van der Waals surface area contributed by atoms with Crippen molar-refractivity contribution in [3.8, 4) is 0 Å². The average Bonchev–Trinajstić information content (AvgIpc) is 2.18. The van der Waals surface area contributed by atoms with Crippen LogP contribution in [0.1, 0.15) is 12.5 Å². The van der Waals surface area contributed by atoms with Gasteiger partial charge in [0.2, 0.25) is 0 Å². The summed E-state index contributed by atoms with van der Waals surface area (Å²) in [6.07, 6.45) is 3.85. The van der Waals surface area contributed by atoms with Crippen LogP contribution < -0.4 is 4.90 Å². The van der Waals surface area contributed by atoms with Gasteiger partial charge in [0.15, 0.2) is 0 Å². The second-order valence-corrected chi connectivity index (χ2v) is 2.98. The van der Waals surface area contributed by atoms with Crippen molar-refractivity contribution in [2.24, 2.45) is 0 Å². The first-order valence-corrected chi connectivity index (χ1v) is 4.55. The standard InChI is InChI=1S/C12H16N/c1-4-8-11-9-6-7-10-12(11)13(3)5-2/h4,6-10H,1,5H2,2-3H3. The van der Waals surface area contributed by atoms with Gasteiger partial charge in [0.1, 0.15) is 0 Å². The molecule has 0 aromatic heterocycles. The molecule has 1 aromatic carbocycles. The van der Waals surface area contributed by atoms with Crippen LogP contribution in [0, 0.1) is 6.92 Å². The molecule has 0 amide bonds. The first-order chi connectivity index (χ1) is 6.29. The number of hydrogen-bond donors (Lipinski definition) is 0. The molecule has 0 aliphatic rings. The molecule has 1 nitrogen and oxygen atoms in total. The van der Waals surface area contributed by atoms with Crippen molar-refractivity contribution in [3.05, 3.63) is 42.8 Å². The molecule has 0 fully saturated rings. The summed E-state index contributed by atoms with van der Waals surface area (Å²) in [5.41, 5.74) is 2.48. The van der Waals surface area contributed by atoms with Gasteiger partial charge in [-0.1, -0.05) is 30.4 Å². The average molecular weight is 174 g/mol. The molecule has 1 rings (SSSR count). The Morgan fingerprint density at radius 1 is 1.38 bits per heavy atom. The molecular formula is C12H16N. The van der Waals surface area contributed by atoms with Crippen LogP contribution in [0.25, 0.3) is 6.08 Å². The van der Waals surface area contributed by atoms with Crippen LogP contribution in [0.3, 0.4) is 0 Å². The quantitative estimate of drug-likeness (QED) is 0.681. The van der Waals surface area contributed by atoms with Crippen LogP contribution in [0.15, 0.2) is 30.3 Å². The second-order valence-electron chi connectivity index (χ2n) is 2.98. The molecule has 0 aliphatic heterocycles. The number of rotatable bonds is 3. The summed E-state index contributed by atoms with van der Waals surface area (Å²) in [5.74, 6) is 0. The Morgan fingerprint density at radius 3 is 2.69 bits per heavy atom. The fourth-order valence-corrected chi connectivity index (χ4v) is 1.27. The van der Waals surface area contributed by atoms with E-state index in [0.29, 0.717) is 0 Å². The molecule has 0 aliphatic carbocycles. The number of nitrogens with zero attached hydrogens (tertiary/aromatic N) is 1. The predicted octanol–water partition coefficient (Wildman–Crippen LogP) is 2.99. The van der Waals surface area contributed by atoms with Crippen LogP contribution in [-0.4, -0.2) is 13.6 Å². The summed E-state index contributed by atoms with van der Waals surface area (Å²) >= 11 is 0. The highest BCUT2D eigenvalue weighted by atomic mass is 15.1. The van der Waals surface area contributed by atoms with Crippen molar-refractivity contribution in [3.63, 3.8) is 0 Å². The third-order valence-electron chi connectivity index (χ3n) is 2.12. The Hall–Kier alpha value is -1.24. The van der Waals surface area contributed by atoms with Gasteiger partial charge in [0.25, 0.3) is 0 Å². The molecular weight excluding hydrogens is 158 g/mol. The molecule has 1 aromatic rings. The summed E-state index contributed by atoms with van der Waals surface area (Å²) in [4.78, 5) is 2.22. The zero-order chi connectivity index (χ0) is 9.68. The fraction of sp³-hybridized carbons (Fsp3) is 0.250. The molecule has 0 saturated heterocycles. The monoisotopic (exact) mass is 174 g/mol. The smallest absolute Gasteiger partial charge is 0.0437 e. The Balaban J connectivity index is 3.04. The SMILES string of the molecule is [CH2]C=Cc1ccccc1N(C)CC. The lowest BCUT2D eigenvalue weighted by molar-refractivity contribution is 0.966. The van der Waals surface area contributed by atoms with E-state index < -0.39 is 0 Å². The first-order valence-electron chi connectivity index (χ1n) is 4.55. The van der Waals surface area contributed by atoms with E-state index in [1.807, 2.05) is 18.2 Å². The maximum Gasteiger partial charge on any atom is 0.0437 e.